The second kappa shape index (κ2) is 12.5. The van der Waals surface area contributed by atoms with Gasteiger partial charge < -0.3 is 24.4 Å². The zero-order valence-corrected chi connectivity index (χ0v) is 26.3. The van der Waals surface area contributed by atoms with Crippen LogP contribution in [0.5, 0.6) is 0 Å². The highest BCUT2D eigenvalue weighted by Crippen LogP contribution is 2.23. The number of rotatable bonds is 11. The molecule has 3 aromatic heterocycles. The molecule has 0 unspecified atom stereocenters. The molecule has 1 amide bonds. The lowest BCUT2D eigenvalue weighted by Gasteiger charge is -2.28. The first-order valence-corrected chi connectivity index (χ1v) is 16.4. The molecule has 6 rings (SSSR count). The molecule has 1 atom stereocenters. The lowest BCUT2D eigenvalue weighted by molar-refractivity contribution is 0.0709. The summed E-state index contributed by atoms with van der Waals surface area (Å²) >= 11 is 0. The molecule has 4 heterocycles. The Morgan fingerprint density at radius 1 is 1.11 bits per heavy atom. The maximum absolute atomic E-state index is 13.1. The third-order valence-corrected chi connectivity index (χ3v) is 9.59. The minimum absolute atomic E-state index is 0.158. The van der Waals surface area contributed by atoms with Gasteiger partial charge in [0.25, 0.3) is 21.5 Å². The number of aromatic amines is 1. The van der Waals surface area contributed by atoms with E-state index >= 15 is 0 Å². The fraction of sp³-hybridized carbons (Fsp3) is 0.312. The highest BCUT2D eigenvalue weighted by molar-refractivity contribution is 7.92. The van der Waals surface area contributed by atoms with Crippen molar-refractivity contribution < 1.29 is 22.8 Å². The fourth-order valence-corrected chi connectivity index (χ4v) is 6.52. The van der Waals surface area contributed by atoms with E-state index in [1.54, 1.807) is 53.4 Å². The molecule has 240 valence electrons. The smallest absolute Gasteiger partial charge is 0.283 e. The predicted molar refractivity (Wildman–Crippen MR) is 171 cm³/mol. The van der Waals surface area contributed by atoms with Crippen molar-refractivity contribution in [3.63, 3.8) is 0 Å². The Morgan fingerprint density at radius 2 is 1.91 bits per heavy atom. The predicted octanol–water partition coefficient (Wildman–Crippen LogP) is 3.20. The average Bonchev–Trinajstić information content (AvgIpc) is 3.64. The Morgan fingerprint density at radius 3 is 2.72 bits per heavy atom. The normalized spacial score (nSPS) is 14.3. The summed E-state index contributed by atoms with van der Waals surface area (Å²) in [6.45, 7) is 5.53. The Bertz CT molecular complexity index is 2030. The van der Waals surface area contributed by atoms with Crippen LogP contribution < -0.4 is 15.6 Å². The first-order valence-electron chi connectivity index (χ1n) is 14.9. The van der Waals surface area contributed by atoms with E-state index in [2.05, 4.69) is 25.4 Å². The molecule has 5 aromatic rings. The molecule has 0 spiro atoms. The van der Waals surface area contributed by atoms with Gasteiger partial charge in [0.15, 0.2) is 17.1 Å². The van der Waals surface area contributed by atoms with Crippen molar-refractivity contribution >= 4 is 32.7 Å². The topological polar surface area (TPSA) is 175 Å². The molecule has 13 nitrogen and oxygen atoms in total. The number of benzene rings is 2. The van der Waals surface area contributed by atoms with Gasteiger partial charge in [0.05, 0.1) is 23.1 Å². The standard InChI is InChI=1S/C32H35N7O6S/c1-32(2,33-19-27(40)21-7-6-8-23(17-21)37-46(43,44)24-9-4-3-5-10-24)13-16-38-14-11-22-18-26(34-35-29(22)38)31(42)39-15-12-25-28(20-39)45-36-30(25)41/h3-11,14,17-18,27,33,37,40H,12-13,15-16,19-20H2,1-2H3,(H,36,41)/t27-/m0/s1. The largest absolute Gasteiger partial charge is 0.387 e. The van der Waals surface area contributed by atoms with Crippen LogP contribution in [0.25, 0.3) is 11.0 Å². The first kappa shape index (κ1) is 31.2. The Labute approximate surface area is 265 Å². The second-order valence-corrected chi connectivity index (χ2v) is 13.7. The van der Waals surface area contributed by atoms with Crippen molar-refractivity contribution in [2.24, 2.45) is 0 Å². The van der Waals surface area contributed by atoms with Crippen molar-refractivity contribution in [1.82, 2.24) is 30.1 Å². The number of carbonyl (C=O) groups excluding carboxylic acids is 1. The number of aliphatic hydroxyl groups excluding tert-OH is 1. The molecular weight excluding hydrogens is 610 g/mol. The number of nitrogens with zero attached hydrogens (tertiary/aromatic N) is 4. The lowest BCUT2D eigenvalue weighted by atomic mass is 9.99. The van der Waals surface area contributed by atoms with Gasteiger partial charge in [-0.15, -0.1) is 10.2 Å². The maximum Gasteiger partial charge on any atom is 0.283 e. The van der Waals surface area contributed by atoms with Gasteiger partial charge >= 0.3 is 0 Å². The van der Waals surface area contributed by atoms with Crippen molar-refractivity contribution in [2.75, 3.05) is 17.8 Å². The van der Waals surface area contributed by atoms with Crippen molar-refractivity contribution in [2.45, 2.75) is 56.3 Å². The summed E-state index contributed by atoms with van der Waals surface area (Å²) in [7, 11) is -3.75. The van der Waals surface area contributed by atoms with Crippen molar-refractivity contribution in [3.05, 3.63) is 106 Å². The van der Waals surface area contributed by atoms with Crippen LogP contribution in [0, 0.1) is 0 Å². The number of β-amino-alcohol motifs (C(OH)–C–C–N with tert-alkyl or cyclic N) is 1. The molecule has 4 N–H and O–H groups in total. The molecule has 0 bridgehead atoms. The van der Waals surface area contributed by atoms with Crippen molar-refractivity contribution in [1.29, 1.82) is 0 Å². The summed E-state index contributed by atoms with van der Waals surface area (Å²) in [5.41, 5.74) is 1.78. The Kier molecular flexibility index (Phi) is 8.51. The van der Waals surface area contributed by atoms with Crippen LogP contribution >= 0.6 is 0 Å². The van der Waals surface area contributed by atoms with E-state index < -0.39 is 16.1 Å². The monoisotopic (exact) mass is 645 g/mol. The maximum atomic E-state index is 13.1. The number of sulfonamides is 1. The quantitative estimate of drug-likeness (QED) is 0.168. The van der Waals surface area contributed by atoms with Crippen LogP contribution in [0.4, 0.5) is 5.69 Å². The minimum Gasteiger partial charge on any atom is -0.387 e. The van der Waals surface area contributed by atoms with E-state index in [0.717, 1.165) is 5.39 Å². The zero-order valence-electron chi connectivity index (χ0n) is 25.4. The molecule has 0 radical (unpaired) electrons. The van der Waals surface area contributed by atoms with Gasteiger partial charge in [0.1, 0.15) is 0 Å². The van der Waals surface area contributed by atoms with E-state index in [9.17, 15) is 23.1 Å². The van der Waals surface area contributed by atoms with Crippen LogP contribution in [0.15, 0.2) is 87.1 Å². The van der Waals surface area contributed by atoms with E-state index in [-0.39, 0.29) is 40.7 Å². The summed E-state index contributed by atoms with van der Waals surface area (Å²) in [5, 5.41) is 26.0. The molecule has 0 saturated heterocycles. The molecule has 0 aliphatic carbocycles. The summed E-state index contributed by atoms with van der Waals surface area (Å²) < 4.78 is 35.2. The number of aromatic nitrogens is 4. The van der Waals surface area contributed by atoms with Gasteiger partial charge in [-0.2, -0.15) is 5.16 Å². The van der Waals surface area contributed by atoms with Gasteiger partial charge in [0.2, 0.25) is 0 Å². The van der Waals surface area contributed by atoms with Crippen molar-refractivity contribution in [3.8, 4) is 0 Å². The summed E-state index contributed by atoms with van der Waals surface area (Å²) in [5.74, 6) is 0.188. The van der Waals surface area contributed by atoms with E-state index in [0.29, 0.717) is 54.2 Å². The molecule has 1 aliphatic heterocycles. The molecular formula is C32H35N7O6S. The number of anilines is 1. The minimum atomic E-state index is -3.75. The summed E-state index contributed by atoms with van der Waals surface area (Å²) in [6, 6.07) is 18.4. The number of aliphatic hydroxyl groups is 1. The van der Waals surface area contributed by atoms with Crippen LogP contribution in [-0.4, -0.2) is 62.9 Å². The summed E-state index contributed by atoms with van der Waals surface area (Å²) in [4.78, 5) is 26.6. The van der Waals surface area contributed by atoms with E-state index in [1.165, 1.54) is 12.1 Å². The zero-order chi connectivity index (χ0) is 32.5. The Balaban J connectivity index is 1.04. The highest BCUT2D eigenvalue weighted by Gasteiger charge is 2.28. The van der Waals surface area contributed by atoms with Gasteiger partial charge in [-0.1, -0.05) is 30.3 Å². The number of hydrogen-bond donors (Lipinski definition) is 4. The fourth-order valence-electron chi connectivity index (χ4n) is 5.45. The molecule has 2 aromatic carbocycles. The van der Waals surface area contributed by atoms with Gasteiger partial charge in [-0.3, -0.25) is 14.3 Å². The van der Waals surface area contributed by atoms with Crippen LogP contribution in [0.1, 0.15) is 53.7 Å². The number of nitrogens with one attached hydrogen (secondary N) is 3. The first-order chi connectivity index (χ1) is 22.0. The Hall–Kier alpha value is -4.79. The second-order valence-electron chi connectivity index (χ2n) is 12.0. The van der Waals surface area contributed by atoms with Gasteiger partial charge in [-0.05, 0) is 68.7 Å². The van der Waals surface area contributed by atoms with Gasteiger partial charge in [-0.25, -0.2) is 8.42 Å². The highest BCUT2D eigenvalue weighted by atomic mass is 32.2. The third-order valence-electron chi connectivity index (χ3n) is 8.19. The van der Waals surface area contributed by atoms with Gasteiger partial charge in [0, 0.05) is 42.4 Å². The van der Waals surface area contributed by atoms with Crippen LogP contribution in [-0.2, 0) is 29.5 Å². The third kappa shape index (κ3) is 6.73. The molecule has 14 heteroatoms. The van der Waals surface area contributed by atoms with Crippen LogP contribution in [0.3, 0.4) is 0 Å². The van der Waals surface area contributed by atoms with Crippen LogP contribution in [0.2, 0.25) is 0 Å². The molecule has 46 heavy (non-hydrogen) atoms. The number of hydrogen-bond acceptors (Lipinski definition) is 9. The SMILES string of the molecule is CC(C)(CCn1ccc2cc(C(=O)N3CCc4c(o[nH]c4=O)C3)nnc21)NC[C@H](O)c1cccc(NS(=O)(=O)c2ccccc2)c1. The lowest BCUT2D eigenvalue weighted by Crippen LogP contribution is -2.42. The number of aryl methyl sites for hydroxylation is 1. The summed E-state index contributed by atoms with van der Waals surface area (Å²) in [6.07, 6.45) is 2.15. The van der Waals surface area contributed by atoms with E-state index in [4.69, 9.17) is 4.52 Å². The average molecular weight is 646 g/mol. The number of amides is 1. The molecule has 1 aliphatic rings. The molecule has 0 fully saturated rings. The number of carbonyl (C=O) groups is 1. The number of fused-ring (bicyclic) bond motifs is 2. The van der Waals surface area contributed by atoms with E-state index in [1.807, 2.05) is 30.7 Å². The number of H-pyrrole nitrogens is 1. The molecule has 0 saturated carbocycles.